The van der Waals surface area contributed by atoms with Crippen LogP contribution in [-0.2, 0) is 4.65 Å². The fourth-order valence-electron chi connectivity index (χ4n) is 3.88. The third kappa shape index (κ3) is 3.60. The molecule has 0 fully saturated rings. The molecule has 0 aliphatic carbocycles. The van der Waals surface area contributed by atoms with Crippen LogP contribution in [0.4, 0.5) is 0 Å². The molecule has 3 nitrogen and oxygen atoms in total. The van der Waals surface area contributed by atoms with Crippen molar-refractivity contribution < 1.29 is 14.2 Å². The SMILES string of the molecule is CC(C)(O)C(C)(C)O[B]c1cccc(-c2ccc3c(c2)oc2ccc4ccccc4c23)c1. The number of hydrogen-bond donors (Lipinski definition) is 1. The van der Waals surface area contributed by atoms with E-state index in [2.05, 4.69) is 66.7 Å². The molecule has 0 bridgehead atoms. The molecular formula is C28H26BO3. The van der Waals surface area contributed by atoms with Crippen LogP contribution in [0.3, 0.4) is 0 Å². The summed E-state index contributed by atoms with van der Waals surface area (Å²) in [7, 11) is 1.72. The van der Waals surface area contributed by atoms with E-state index in [1.165, 1.54) is 10.8 Å². The topological polar surface area (TPSA) is 42.6 Å². The number of hydrogen-bond acceptors (Lipinski definition) is 3. The van der Waals surface area contributed by atoms with Crippen molar-refractivity contribution in [2.24, 2.45) is 0 Å². The van der Waals surface area contributed by atoms with Crippen molar-refractivity contribution in [2.75, 3.05) is 0 Å². The Hall–Kier alpha value is -3.08. The minimum atomic E-state index is -0.961. The van der Waals surface area contributed by atoms with Crippen molar-refractivity contribution in [3.8, 4) is 11.1 Å². The number of aliphatic hydroxyl groups is 1. The van der Waals surface area contributed by atoms with Gasteiger partial charge in [0, 0.05) is 10.8 Å². The normalized spacial score (nSPS) is 12.7. The minimum Gasteiger partial charge on any atom is -0.456 e. The van der Waals surface area contributed by atoms with Gasteiger partial charge in [-0.15, -0.1) is 0 Å². The van der Waals surface area contributed by atoms with E-state index in [1.807, 2.05) is 26.0 Å². The first-order valence-electron chi connectivity index (χ1n) is 10.9. The molecule has 5 rings (SSSR count). The van der Waals surface area contributed by atoms with Crippen molar-refractivity contribution in [1.29, 1.82) is 0 Å². The Bertz CT molecular complexity index is 1440. The van der Waals surface area contributed by atoms with E-state index in [0.29, 0.717) is 0 Å². The van der Waals surface area contributed by atoms with Gasteiger partial charge in [-0.25, -0.2) is 0 Å². The smallest absolute Gasteiger partial charge is 0.330 e. The van der Waals surface area contributed by atoms with Gasteiger partial charge in [0.1, 0.15) is 11.2 Å². The Balaban J connectivity index is 1.51. The average molecular weight is 421 g/mol. The lowest BCUT2D eigenvalue weighted by atomic mass is 9.81. The Labute approximate surface area is 188 Å². The van der Waals surface area contributed by atoms with E-state index < -0.39 is 11.2 Å². The Morgan fingerprint density at radius 1 is 0.750 bits per heavy atom. The van der Waals surface area contributed by atoms with E-state index >= 15 is 0 Å². The van der Waals surface area contributed by atoms with Crippen LogP contribution >= 0.6 is 0 Å². The lowest BCUT2D eigenvalue weighted by Gasteiger charge is -2.37. The Morgan fingerprint density at radius 2 is 1.53 bits per heavy atom. The molecule has 1 N–H and O–H groups in total. The molecule has 4 aromatic carbocycles. The molecular weight excluding hydrogens is 395 g/mol. The van der Waals surface area contributed by atoms with Gasteiger partial charge in [-0.05, 0) is 67.8 Å². The first kappa shape index (κ1) is 20.8. The monoisotopic (exact) mass is 421 g/mol. The predicted molar refractivity (Wildman–Crippen MR) is 134 cm³/mol. The van der Waals surface area contributed by atoms with Gasteiger partial charge in [0.05, 0.1) is 11.2 Å². The summed E-state index contributed by atoms with van der Waals surface area (Å²) in [6, 6.07) is 27.1. The fourth-order valence-corrected chi connectivity index (χ4v) is 3.88. The van der Waals surface area contributed by atoms with Crippen molar-refractivity contribution in [1.82, 2.24) is 0 Å². The third-order valence-corrected chi connectivity index (χ3v) is 6.54. The van der Waals surface area contributed by atoms with Crippen LogP contribution in [0, 0.1) is 0 Å². The van der Waals surface area contributed by atoms with Gasteiger partial charge in [-0.3, -0.25) is 0 Å². The van der Waals surface area contributed by atoms with Gasteiger partial charge >= 0.3 is 7.48 Å². The van der Waals surface area contributed by atoms with Crippen LogP contribution in [0.25, 0.3) is 43.8 Å². The largest absolute Gasteiger partial charge is 0.456 e. The first-order chi connectivity index (χ1) is 15.2. The van der Waals surface area contributed by atoms with Gasteiger partial charge in [-0.2, -0.15) is 0 Å². The van der Waals surface area contributed by atoms with Crippen LogP contribution in [0.1, 0.15) is 27.7 Å². The van der Waals surface area contributed by atoms with Crippen LogP contribution in [0.2, 0.25) is 0 Å². The molecule has 1 heterocycles. The fraction of sp³-hybridized carbons (Fsp3) is 0.214. The summed E-state index contributed by atoms with van der Waals surface area (Å²) < 4.78 is 12.2. The van der Waals surface area contributed by atoms with Gasteiger partial charge in [0.2, 0.25) is 0 Å². The number of rotatable bonds is 5. The van der Waals surface area contributed by atoms with Gasteiger partial charge < -0.3 is 14.2 Å². The maximum atomic E-state index is 10.3. The Morgan fingerprint density at radius 3 is 2.34 bits per heavy atom. The highest BCUT2D eigenvalue weighted by Crippen LogP contribution is 2.36. The van der Waals surface area contributed by atoms with Crippen LogP contribution < -0.4 is 5.46 Å². The number of furan rings is 1. The summed E-state index contributed by atoms with van der Waals surface area (Å²) in [5.41, 5.74) is 3.21. The maximum Gasteiger partial charge on any atom is 0.330 e. The molecule has 1 radical (unpaired) electrons. The summed E-state index contributed by atoms with van der Waals surface area (Å²) >= 11 is 0. The standard InChI is InChI=1S/C28H26BO3/c1-27(2,30)28(3,4)32-29-21-10-7-9-19(16-21)20-12-14-23-25(17-20)31-24-15-13-18-8-5-6-11-22(18)26(23)24/h5-17,30H,1-4H3. The predicted octanol–water partition coefficient (Wildman–Crippen LogP) is 6.22. The zero-order chi connectivity index (χ0) is 22.5. The zero-order valence-corrected chi connectivity index (χ0v) is 18.8. The molecule has 0 saturated carbocycles. The maximum absolute atomic E-state index is 10.3. The second kappa shape index (κ2) is 7.51. The molecule has 0 unspecified atom stereocenters. The van der Waals surface area contributed by atoms with Crippen LogP contribution in [-0.4, -0.2) is 23.8 Å². The van der Waals surface area contributed by atoms with Crippen molar-refractivity contribution in [2.45, 2.75) is 38.9 Å². The van der Waals surface area contributed by atoms with E-state index in [4.69, 9.17) is 9.07 Å². The summed E-state index contributed by atoms with van der Waals surface area (Å²) in [5, 5.41) is 15.0. The quantitative estimate of drug-likeness (QED) is 0.343. The summed E-state index contributed by atoms with van der Waals surface area (Å²) in [5.74, 6) is 0. The highest BCUT2D eigenvalue weighted by atomic mass is 16.5. The van der Waals surface area contributed by atoms with E-state index in [9.17, 15) is 5.11 Å². The molecule has 1 aromatic heterocycles. The highest BCUT2D eigenvalue weighted by Gasteiger charge is 2.35. The van der Waals surface area contributed by atoms with Gasteiger partial charge in [-0.1, -0.05) is 66.1 Å². The van der Waals surface area contributed by atoms with E-state index in [0.717, 1.165) is 38.5 Å². The third-order valence-electron chi connectivity index (χ3n) is 6.54. The molecule has 0 aliphatic rings. The highest BCUT2D eigenvalue weighted by molar-refractivity contribution is 6.47. The summed E-state index contributed by atoms with van der Waals surface area (Å²) in [6.45, 7) is 7.27. The first-order valence-corrected chi connectivity index (χ1v) is 10.9. The van der Waals surface area contributed by atoms with Crippen LogP contribution in [0.5, 0.6) is 0 Å². The second-order valence-corrected chi connectivity index (χ2v) is 9.40. The lowest BCUT2D eigenvalue weighted by Crippen LogP contribution is -2.49. The Kier molecular flexibility index (Phi) is 4.88. The summed E-state index contributed by atoms with van der Waals surface area (Å²) in [6.07, 6.45) is 0. The molecule has 159 valence electrons. The molecule has 0 saturated heterocycles. The molecule has 0 atom stereocenters. The van der Waals surface area contributed by atoms with Crippen molar-refractivity contribution in [3.05, 3.63) is 78.9 Å². The number of fused-ring (bicyclic) bond motifs is 5. The van der Waals surface area contributed by atoms with Crippen LogP contribution in [0.15, 0.2) is 83.3 Å². The minimum absolute atomic E-state index is 0.709. The van der Waals surface area contributed by atoms with Gasteiger partial charge in [0.15, 0.2) is 0 Å². The summed E-state index contributed by atoms with van der Waals surface area (Å²) in [4.78, 5) is 0. The average Bonchev–Trinajstić information content (AvgIpc) is 3.15. The molecule has 4 heteroatoms. The van der Waals surface area contributed by atoms with Gasteiger partial charge in [0.25, 0.3) is 0 Å². The van der Waals surface area contributed by atoms with Crippen molar-refractivity contribution >= 4 is 45.7 Å². The molecule has 5 aromatic rings. The lowest BCUT2D eigenvalue weighted by molar-refractivity contribution is -0.0893. The molecule has 0 spiro atoms. The zero-order valence-electron chi connectivity index (χ0n) is 18.8. The molecule has 0 aliphatic heterocycles. The van der Waals surface area contributed by atoms with E-state index in [1.54, 1.807) is 21.3 Å². The number of benzene rings is 4. The van der Waals surface area contributed by atoms with E-state index in [-0.39, 0.29) is 0 Å². The molecule has 32 heavy (non-hydrogen) atoms. The second-order valence-electron chi connectivity index (χ2n) is 9.40. The van der Waals surface area contributed by atoms with Crippen molar-refractivity contribution in [3.63, 3.8) is 0 Å². The molecule has 0 amide bonds.